The van der Waals surface area contributed by atoms with Gasteiger partial charge in [-0.3, -0.25) is 0 Å². The fourth-order valence-corrected chi connectivity index (χ4v) is 2.91. The van der Waals surface area contributed by atoms with Gasteiger partial charge >= 0.3 is 0 Å². The fraction of sp³-hybridized carbons (Fsp3) is 0.0667. The van der Waals surface area contributed by atoms with Gasteiger partial charge in [-0.25, -0.2) is 9.97 Å². The van der Waals surface area contributed by atoms with Crippen molar-refractivity contribution in [3.8, 4) is 11.5 Å². The standard InChI is InChI=1S/C15H11BrN4/c1-19-13-7-3-2-6-11(13)17-15(19)12-9-20-8-4-5-10(16)14(20)18-12/h2-9H,1H3. The van der Waals surface area contributed by atoms with E-state index in [2.05, 4.69) is 36.5 Å². The summed E-state index contributed by atoms with van der Waals surface area (Å²) in [7, 11) is 2.02. The Labute approximate surface area is 123 Å². The van der Waals surface area contributed by atoms with Gasteiger partial charge in [-0.2, -0.15) is 0 Å². The van der Waals surface area contributed by atoms with E-state index >= 15 is 0 Å². The molecule has 3 heterocycles. The van der Waals surface area contributed by atoms with Crippen LogP contribution in [0.4, 0.5) is 0 Å². The van der Waals surface area contributed by atoms with Crippen LogP contribution in [0.25, 0.3) is 28.2 Å². The molecule has 4 aromatic rings. The van der Waals surface area contributed by atoms with Crippen molar-refractivity contribution < 1.29 is 0 Å². The third-order valence-electron chi connectivity index (χ3n) is 3.45. The van der Waals surface area contributed by atoms with Crippen LogP contribution >= 0.6 is 15.9 Å². The molecule has 0 saturated heterocycles. The molecule has 0 radical (unpaired) electrons. The molecule has 0 spiro atoms. The number of fused-ring (bicyclic) bond motifs is 2. The zero-order valence-electron chi connectivity index (χ0n) is 10.8. The lowest BCUT2D eigenvalue weighted by Crippen LogP contribution is -1.92. The Bertz CT molecular complexity index is 936. The molecular formula is C15H11BrN4. The summed E-state index contributed by atoms with van der Waals surface area (Å²) in [5.41, 5.74) is 3.87. The molecule has 0 aliphatic heterocycles. The topological polar surface area (TPSA) is 35.1 Å². The van der Waals surface area contributed by atoms with E-state index in [9.17, 15) is 0 Å². The van der Waals surface area contributed by atoms with Crippen LogP contribution < -0.4 is 0 Å². The van der Waals surface area contributed by atoms with Crippen LogP contribution in [-0.2, 0) is 7.05 Å². The van der Waals surface area contributed by atoms with E-state index in [0.717, 1.165) is 32.7 Å². The Balaban J connectivity index is 2.01. The summed E-state index contributed by atoms with van der Waals surface area (Å²) >= 11 is 3.53. The van der Waals surface area contributed by atoms with Gasteiger partial charge in [-0.15, -0.1) is 0 Å². The first-order valence-electron chi connectivity index (χ1n) is 6.29. The second-order valence-electron chi connectivity index (χ2n) is 4.70. The second kappa shape index (κ2) is 4.18. The van der Waals surface area contributed by atoms with Gasteiger partial charge in [0.2, 0.25) is 0 Å². The van der Waals surface area contributed by atoms with Crippen LogP contribution in [0, 0.1) is 0 Å². The van der Waals surface area contributed by atoms with Gasteiger partial charge in [0.25, 0.3) is 0 Å². The quantitative estimate of drug-likeness (QED) is 0.535. The molecule has 0 aliphatic rings. The Kier molecular flexibility index (Phi) is 2.44. The molecule has 0 saturated carbocycles. The highest BCUT2D eigenvalue weighted by Gasteiger charge is 2.13. The highest BCUT2D eigenvalue weighted by Crippen LogP contribution is 2.25. The molecule has 0 aliphatic carbocycles. The predicted octanol–water partition coefficient (Wildman–Crippen LogP) is 3.65. The number of nitrogens with zero attached hydrogens (tertiary/aromatic N) is 4. The third kappa shape index (κ3) is 1.59. The van der Waals surface area contributed by atoms with Crippen LogP contribution in [0.3, 0.4) is 0 Å². The first-order chi connectivity index (χ1) is 9.74. The van der Waals surface area contributed by atoms with Gasteiger partial charge in [0.05, 0.1) is 15.5 Å². The smallest absolute Gasteiger partial charge is 0.161 e. The number of imidazole rings is 2. The Hall–Kier alpha value is -2.14. The van der Waals surface area contributed by atoms with E-state index < -0.39 is 0 Å². The number of pyridine rings is 1. The number of hydrogen-bond acceptors (Lipinski definition) is 2. The molecule has 1 aromatic carbocycles. The van der Waals surface area contributed by atoms with E-state index in [4.69, 9.17) is 0 Å². The summed E-state index contributed by atoms with van der Waals surface area (Å²) in [6.45, 7) is 0. The van der Waals surface area contributed by atoms with E-state index in [0.29, 0.717) is 0 Å². The van der Waals surface area contributed by atoms with Crippen LogP contribution in [0.5, 0.6) is 0 Å². The lowest BCUT2D eigenvalue weighted by atomic mass is 10.3. The fourth-order valence-electron chi connectivity index (χ4n) is 2.46. The van der Waals surface area contributed by atoms with Crippen molar-refractivity contribution in [2.45, 2.75) is 0 Å². The minimum atomic E-state index is 0.871. The highest BCUT2D eigenvalue weighted by atomic mass is 79.9. The number of para-hydroxylation sites is 2. The minimum Gasteiger partial charge on any atom is -0.326 e. The number of halogens is 1. The zero-order chi connectivity index (χ0) is 13.7. The number of benzene rings is 1. The summed E-state index contributed by atoms with van der Waals surface area (Å²) in [5, 5.41) is 0. The van der Waals surface area contributed by atoms with E-state index in [1.165, 1.54) is 0 Å². The van der Waals surface area contributed by atoms with Crippen molar-refractivity contribution >= 4 is 32.6 Å². The van der Waals surface area contributed by atoms with Crippen LogP contribution in [0.2, 0.25) is 0 Å². The monoisotopic (exact) mass is 326 g/mol. The summed E-state index contributed by atoms with van der Waals surface area (Å²) in [4.78, 5) is 9.35. The number of rotatable bonds is 1. The third-order valence-corrected chi connectivity index (χ3v) is 4.07. The molecule has 5 heteroatoms. The van der Waals surface area contributed by atoms with Crippen molar-refractivity contribution in [3.05, 3.63) is 53.3 Å². The average molecular weight is 327 g/mol. The molecule has 98 valence electrons. The van der Waals surface area contributed by atoms with Crippen molar-refractivity contribution in [1.82, 2.24) is 18.9 Å². The van der Waals surface area contributed by atoms with Gasteiger partial charge in [-0.05, 0) is 40.2 Å². The second-order valence-corrected chi connectivity index (χ2v) is 5.55. The molecule has 0 unspecified atom stereocenters. The van der Waals surface area contributed by atoms with E-state index in [1.807, 2.05) is 54.2 Å². The van der Waals surface area contributed by atoms with Crippen LogP contribution in [-0.4, -0.2) is 18.9 Å². The molecule has 0 atom stereocenters. The van der Waals surface area contributed by atoms with Gasteiger partial charge in [0, 0.05) is 19.4 Å². The Morgan fingerprint density at radius 2 is 1.90 bits per heavy atom. The number of aromatic nitrogens is 4. The maximum absolute atomic E-state index is 4.68. The summed E-state index contributed by atoms with van der Waals surface area (Å²) in [6, 6.07) is 12.1. The molecule has 3 aromatic heterocycles. The first-order valence-corrected chi connectivity index (χ1v) is 7.08. The maximum atomic E-state index is 4.68. The largest absolute Gasteiger partial charge is 0.326 e. The molecule has 0 N–H and O–H groups in total. The summed E-state index contributed by atoms with van der Waals surface area (Å²) in [5.74, 6) is 0.877. The van der Waals surface area contributed by atoms with Gasteiger partial charge < -0.3 is 8.97 Å². The Morgan fingerprint density at radius 1 is 1.05 bits per heavy atom. The van der Waals surface area contributed by atoms with Gasteiger partial charge in [0.15, 0.2) is 11.5 Å². The number of hydrogen-bond donors (Lipinski definition) is 0. The maximum Gasteiger partial charge on any atom is 0.161 e. The van der Waals surface area contributed by atoms with Crippen LogP contribution in [0.1, 0.15) is 0 Å². The molecule has 20 heavy (non-hydrogen) atoms. The average Bonchev–Trinajstić information content (AvgIpc) is 3.02. The minimum absolute atomic E-state index is 0.871. The lowest BCUT2D eigenvalue weighted by Gasteiger charge is -1.97. The van der Waals surface area contributed by atoms with Crippen molar-refractivity contribution in [2.75, 3.05) is 0 Å². The summed E-state index contributed by atoms with van der Waals surface area (Å²) in [6.07, 6.45) is 3.99. The zero-order valence-corrected chi connectivity index (χ0v) is 12.4. The molecular weight excluding hydrogens is 316 g/mol. The van der Waals surface area contributed by atoms with Gasteiger partial charge in [-0.1, -0.05) is 12.1 Å². The normalized spacial score (nSPS) is 11.5. The molecule has 4 rings (SSSR count). The predicted molar refractivity (Wildman–Crippen MR) is 82.6 cm³/mol. The molecule has 4 nitrogen and oxygen atoms in total. The SMILES string of the molecule is Cn1c(-c2cn3cccc(Br)c3n2)nc2ccccc21. The lowest BCUT2D eigenvalue weighted by molar-refractivity contribution is 0.953. The first kappa shape index (κ1) is 11.7. The van der Waals surface area contributed by atoms with Crippen molar-refractivity contribution in [1.29, 1.82) is 0 Å². The molecule has 0 bridgehead atoms. The van der Waals surface area contributed by atoms with Crippen molar-refractivity contribution in [2.24, 2.45) is 7.05 Å². The number of aryl methyl sites for hydroxylation is 1. The van der Waals surface area contributed by atoms with E-state index in [-0.39, 0.29) is 0 Å². The van der Waals surface area contributed by atoms with Gasteiger partial charge in [0.1, 0.15) is 5.69 Å². The summed E-state index contributed by atoms with van der Waals surface area (Å²) < 4.78 is 5.05. The molecule has 0 fully saturated rings. The molecule has 0 amide bonds. The highest BCUT2D eigenvalue weighted by molar-refractivity contribution is 9.10. The van der Waals surface area contributed by atoms with Crippen LogP contribution in [0.15, 0.2) is 53.3 Å². The van der Waals surface area contributed by atoms with E-state index in [1.54, 1.807) is 0 Å². The Morgan fingerprint density at radius 3 is 2.70 bits per heavy atom. The van der Waals surface area contributed by atoms with Crippen molar-refractivity contribution in [3.63, 3.8) is 0 Å².